The third-order valence-electron chi connectivity index (χ3n) is 5.40. The Balaban J connectivity index is 1.50. The summed E-state index contributed by atoms with van der Waals surface area (Å²) in [5, 5.41) is 1.13. The number of nitrogens with one attached hydrogen (secondary N) is 1. The molecule has 0 radical (unpaired) electrons. The SMILES string of the molecule is CN(Cc1ccccc1N1CCCCC1)C(=O)CCNS(=O)(=O)C=Cc1ccccc1. The van der Waals surface area contributed by atoms with Gasteiger partial charge in [0.2, 0.25) is 15.9 Å². The van der Waals surface area contributed by atoms with Gasteiger partial charge in [-0.2, -0.15) is 0 Å². The molecule has 0 aliphatic carbocycles. The number of carbonyl (C=O) groups excluding carboxylic acids is 1. The molecule has 0 unspecified atom stereocenters. The van der Waals surface area contributed by atoms with Crippen molar-refractivity contribution in [2.45, 2.75) is 32.2 Å². The van der Waals surface area contributed by atoms with Gasteiger partial charge in [-0.25, -0.2) is 13.1 Å². The summed E-state index contributed by atoms with van der Waals surface area (Å²) in [7, 11) is -1.83. The van der Waals surface area contributed by atoms with Crippen LogP contribution in [0.5, 0.6) is 0 Å². The number of piperidine rings is 1. The Hall–Kier alpha value is -2.64. The highest BCUT2D eigenvalue weighted by atomic mass is 32.2. The maximum atomic E-state index is 12.6. The minimum absolute atomic E-state index is 0.0679. The highest BCUT2D eigenvalue weighted by Crippen LogP contribution is 2.25. The molecule has 2 aromatic carbocycles. The van der Waals surface area contributed by atoms with Crippen LogP contribution >= 0.6 is 0 Å². The summed E-state index contributed by atoms with van der Waals surface area (Å²) in [6.07, 6.45) is 5.31. The Morgan fingerprint density at radius 2 is 1.71 bits per heavy atom. The van der Waals surface area contributed by atoms with E-state index in [-0.39, 0.29) is 18.9 Å². The number of benzene rings is 2. The number of hydrogen-bond donors (Lipinski definition) is 1. The lowest BCUT2D eigenvalue weighted by atomic mass is 10.1. The van der Waals surface area contributed by atoms with Gasteiger partial charge in [-0.3, -0.25) is 4.79 Å². The van der Waals surface area contributed by atoms with Gasteiger partial charge in [-0.05, 0) is 42.5 Å². The first-order valence-electron chi connectivity index (χ1n) is 10.7. The maximum absolute atomic E-state index is 12.6. The molecule has 1 aliphatic heterocycles. The summed E-state index contributed by atoms with van der Waals surface area (Å²) in [6, 6.07) is 17.4. The number of rotatable bonds is 9. The van der Waals surface area contributed by atoms with Crippen LogP contribution in [0.1, 0.15) is 36.8 Å². The first-order valence-corrected chi connectivity index (χ1v) is 12.3. The highest BCUT2D eigenvalue weighted by Gasteiger charge is 2.17. The van der Waals surface area contributed by atoms with Crippen LogP contribution in [-0.4, -0.2) is 45.9 Å². The zero-order valence-electron chi connectivity index (χ0n) is 18.0. The molecule has 0 aromatic heterocycles. The molecule has 1 N–H and O–H groups in total. The standard InChI is InChI=1S/C24H31N3O3S/c1-26(20-22-12-6-7-13-23(22)27-17-8-3-9-18-27)24(28)14-16-25-31(29,30)19-15-21-10-4-2-5-11-21/h2,4-7,10-13,15,19,25H,3,8-9,14,16-18,20H2,1H3. The second-order valence-electron chi connectivity index (χ2n) is 7.83. The molecule has 31 heavy (non-hydrogen) atoms. The van der Waals surface area contributed by atoms with Crippen LogP contribution in [0.2, 0.25) is 0 Å². The highest BCUT2D eigenvalue weighted by molar-refractivity contribution is 7.92. The number of nitrogens with zero attached hydrogens (tertiary/aromatic N) is 2. The van der Waals surface area contributed by atoms with Gasteiger partial charge in [0.25, 0.3) is 0 Å². The van der Waals surface area contributed by atoms with E-state index in [1.807, 2.05) is 42.5 Å². The van der Waals surface area contributed by atoms with Gasteiger partial charge in [0.1, 0.15) is 0 Å². The van der Waals surface area contributed by atoms with Gasteiger partial charge in [0.05, 0.1) is 0 Å². The van der Waals surface area contributed by atoms with Crippen molar-refractivity contribution in [1.29, 1.82) is 0 Å². The summed E-state index contributed by atoms with van der Waals surface area (Å²) in [5.74, 6) is -0.0943. The van der Waals surface area contributed by atoms with Gasteiger partial charge < -0.3 is 9.80 Å². The van der Waals surface area contributed by atoms with E-state index >= 15 is 0 Å². The molecule has 1 amide bonds. The van der Waals surface area contributed by atoms with E-state index in [1.165, 1.54) is 31.0 Å². The zero-order valence-corrected chi connectivity index (χ0v) is 18.9. The Kier molecular flexibility index (Phi) is 8.26. The van der Waals surface area contributed by atoms with Crippen molar-refractivity contribution >= 4 is 27.7 Å². The molecule has 1 fully saturated rings. The van der Waals surface area contributed by atoms with Crippen LogP contribution in [0, 0.1) is 0 Å². The fourth-order valence-electron chi connectivity index (χ4n) is 3.70. The van der Waals surface area contributed by atoms with Crippen LogP contribution < -0.4 is 9.62 Å². The summed E-state index contributed by atoms with van der Waals surface area (Å²) in [4.78, 5) is 16.6. The molecule has 0 spiro atoms. The number of amides is 1. The van der Waals surface area contributed by atoms with E-state index in [0.717, 1.165) is 29.6 Å². The van der Waals surface area contributed by atoms with Crippen molar-refractivity contribution < 1.29 is 13.2 Å². The van der Waals surface area contributed by atoms with E-state index in [2.05, 4.69) is 21.8 Å². The Morgan fingerprint density at radius 1 is 1.03 bits per heavy atom. The number of anilines is 1. The average Bonchev–Trinajstić information content (AvgIpc) is 2.79. The predicted octanol–water partition coefficient (Wildman–Crippen LogP) is 3.62. The van der Waals surface area contributed by atoms with Crippen LogP contribution in [0.15, 0.2) is 60.0 Å². The molecule has 1 heterocycles. The maximum Gasteiger partial charge on any atom is 0.233 e. The fourth-order valence-corrected chi connectivity index (χ4v) is 4.52. The minimum Gasteiger partial charge on any atom is -0.371 e. The van der Waals surface area contributed by atoms with Crippen molar-refractivity contribution in [2.75, 3.05) is 31.6 Å². The summed E-state index contributed by atoms with van der Waals surface area (Å²) in [5.41, 5.74) is 3.11. The molecule has 1 saturated heterocycles. The molecule has 166 valence electrons. The van der Waals surface area contributed by atoms with Crippen LogP contribution in [0.25, 0.3) is 6.08 Å². The monoisotopic (exact) mass is 441 g/mol. The molecule has 7 heteroatoms. The molecule has 0 atom stereocenters. The quantitative estimate of drug-likeness (QED) is 0.645. The van der Waals surface area contributed by atoms with Gasteiger partial charge in [0.15, 0.2) is 0 Å². The molecular formula is C24H31N3O3S. The van der Waals surface area contributed by atoms with Gasteiger partial charge in [-0.1, -0.05) is 48.5 Å². The molecule has 3 rings (SSSR count). The normalized spacial score (nSPS) is 14.7. The topological polar surface area (TPSA) is 69.7 Å². The number of sulfonamides is 1. The van der Waals surface area contributed by atoms with Crippen LogP contribution in [0.4, 0.5) is 5.69 Å². The smallest absolute Gasteiger partial charge is 0.233 e. The van der Waals surface area contributed by atoms with Crippen molar-refractivity contribution in [1.82, 2.24) is 9.62 Å². The van der Waals surface area contributed by atoms with Crippen molar-refractivity contribution in [3.63, 3.8) is 0 Å². The average molecular weight is 442 g/mol. The van der Waals surface area contributed by atoms with Gasteiger partial charge >= 0.3 is 0 Å². The number of carbonyl (C=O) groups is 1. The van der Waals surface area contributed by atoms with Gasteiger partial charge in [-0.15, -0.1) is 0 Å². The molecule has 6 nitrogen and oxygen atoms in total. The molecular weight excluding hydrogens is 410 g/mol. The first kappa shape index (κ1) is 23.0. The third-order valence-corrected chi connectivity index (χ3v) is 6.50. The number of para-hydroxylation sites is 1. The third kappa shape index (κ3) is 7.22. The second kappa shape index (κ2) is 11.1. The van der Waals surface area contributed by atoms with Crippen LogP contribution in [0.3, 0.4) is 0 Å². The Bertz CT molecular complexity index is 984. The number of hydrogen-bond acceptors (Lipinski definition) is 4. The Labute approximate surface area is 185 Å². The minimum atomic E-state index is -3.59. The van der Waals surface area contributed by atoms with Crippen molar-refractivity contribution in [3.8, 4) is 0 Å². The fraction of sp³-hybridized carbons (Fsp3) is 0.375. The summed E-state index contributed by atoms with van der Waals surface area (Å²) in [6.45, 7) is 2.67. The van der Waals surface area contributed by atoms with E-state index in [9.17, 15) is 13.2 Å². The summed E-state index contributed by atoms with van der Waals surface area (Å²) < 4.78 is 26.7. The molecule has 1 aliphatic rings. The Morgan fingerprint density at radius 3 is 2.45 bits per heavy atom. The summed E-state index contributed by atoms with van der Waals surface area (Å²) >= 11 is 0. The lowest BCUT2D eigenvalue weighted by molar-refractivity contribution is -0.130. The molecule has 2 aromatic rings. The van der Waals surface area contributed by atoms with Gasteiger partial charge in [0, 0.05) is 50.7 Å². The molecule has 0 bridgehead atoms. The predicted molar refractivity (Wildman–Crippen MR) is 126 cm³/mol. The van der Waals surface area contributed by atoms with Crippen molar-refractivity contribution in [3.05, 3.63) is 71.1 Å². The largest absolute Gasteiger partial charge is 0.371 e. The van der Waals surface area contributed by atoms with E-state index in [4.69, 9.17) is 0 Å². The van der Waals surface area contributed by atoms with E-state index in [0.29, 0.717) is 6.54 Å². The molecule has 0 saturated carbocycles. The second-order valence-corrected chi connectivity index (χ2v) is 9.48. The lowest BCUT2D eigenvalue weighted by Gasteiger charge is -2.31. The van der Waals surface area contributed by atoms with E-state index in [1.54, 1.807) is 11.9 Å². The van der Waals surface area contributed by atoms with E-state index < -0.39 is 10.0 Å². The van der Waals surface area contributed by atoms with Crippen molar-refractivity contribution in [2.24, 2.45) is 0 Å². The first-order chi connectivity index (χ1) is 14.9. The lowest BCUT2D eigenvalue weighted by Crippen LogP contribution is -2.33. The zero-order chi connectivity index (χ0) is 22.1. The van der Waals surface area contributed by atoms with Crippen LogP contribution in [-0.2, 0) is 21.4 Å².